The van der Waals surface area contributed by atoms with E-state index in [4.69, 9.17) is 5.11 Å². The van der Waals surface area contributed by atoms with E-state index in [2.05, 4.69) is 33.6 Å². The summed E-state index contributed by atoms with van der Waals surface area (Å²) in [6.07, 6.45) is 0. The van der Waals surface area contributed by atoms with Crippen molar-refractivity contribution in [3.63, 3.8) is 0 Å². The van der Waals surface area contributed by atoms with Gasteiger partial charge in [0, 0.05) is 5.56 Å². The van der Waals surface area contributed by atoms with Crippen LogP contribution < -0.4 is 0 Å². The smallest absolute Gasteiger partial charge is 0.356 e. The van der Waals surface area contributed by atoms with Crippen molar-refractivity contribution in [1.29, 1.82) is 0 Å². The summed E-state index contributed by atoms with van der Waals surface area (Å²) >= 11 is 0. The summed E-state index contributed by atoms with van der Waals surface area (Å²) < 4.78 is 0. The minimum atomic E-state index is -1.07. The van der Waals surface area contributed by atoms with Gasteiger partial charge in [-0.1, -0.05) is 53.7 Å². The Labute approximate surface area is 125 Å². The van der Waals surface area contributed by atoms with Gasteiger partial charge in [-0.3, -0.25) is 5.10 Å². The molecule has 2 N–H and O–H groups in total. The van der Waals surface area contributed by atoms with Crippen molar-refractivity contribution in [2.75, 3.05) is 0 Å². The zero-order valence-electron chi connectivity index (χ0n) is 11.4. The van der Waals surface area contributed by atoms with Gasteiger partial charge in [0.15, 0.2) is 5.69 Å². The molecule has 0 fully saturated rings. The SMILES string of the molecule is O=C(O)c1[nH]nnc1-c1ccc2c(ccc3ccccc32)c1. The lowest BCUT2D eigenvalue weighted by Crippen LogP contribution is -1.99. The van der Waals surface area contributed by atoms with Crippen LogP contribution in [0.25, 0.3) is 32.8 Å². The van der Waals surface area contributed by atoms with Crippen molar-refractivity contribution in [3.05, 3.63) is 60.3 Å². The molecule has 0 saturated heterocycles. The highest BCUT2D eigenvalue weighted by atomic mass is 16.4. The molecule has 5 heteroatoms. The average molecular weight is 289 g/mol. The van der Waals surface area contributed by atoms with Crippen LogP contribution in [0, 0.1) is 0 Å². The molecule has 0 aliphatic heterocycles. The summed E-state index contributed by atoms with van der Waals surface area (Å²) in [5.74, 6) is -1.07. The van der Waals surface area contributed by atoms with Crippen molar-refractivity contribution in [2.24, 2.45) is 0 Å². The number of hydrogen-bond acceptors (Lipinski definition) is 3. The van der Waals surface area contributed by atoms with Gasteiger partial charge in [0.25, 0.3) is 0 Å². The molecule has 1 heterocycles. The number of hydrogen-bond donors (Lipinski definition) is 2. The lowest BCUT2D eigenvalue weighted by atomic mass is 9.99. The summed E-state index contributed by atoms with van der Waals surface area (Å²) in [6.45, 7) is 0. The number of aromatic carboxylic acids is 1. The van der Waals surface area contributed by atoms with Crippen LogP contribution in [-0.4, -0.2) is 26.5 Å². The maximum atomic E-state index is 11.2. The second-order valence-electron chi connectivity index (χ2n) is 5.06. The number of carbonyl (C=O) groups is 1. The van der Waals surface area contributed by atoms with E-state index >= 15 is 0 Å². The van der Waals surface area contributed by atoms with Gasteiger partial charge in [-0.2, -0.15) is 0 Å². The summed E-state index contributed by atoms with van der Waals surface area (Å²) in [5.41, 5.74) is 1.08. The highest BCUT2D eigenvalue weighted by Crippen LogP contribution is 2.29. The number of fused-ring (bicyclic) bond motifs is 3. The Morgan fingerprint density at radius 1 is 0.955 bits per heavy atom. The molecule has 3 aromatic carbocycles. The Kier molecular flexibility index (Phi) is 2.66. The third-order valence-electron chi connectivity index (χ3n) is 3.78. The molecule has 4 rings (SSSR count). The van der Waals surface area contributed by atoms with Gasteiger partial charge in [0.05, 0.1) is 0 Å². The number of H-pyrrole nitrogens is 1. The van der Waals surface area contributed by atoms with E-state index in [1.54, 1.807) is 0 Å². The number of rotatable bonds is 2. The molecule has 22 heavy (non-hydrogen) atoms. The van der Waals surface area contributed by atoms with Crippen molar-refractivity contribution in [3.8, 4) is 11.3 Å². The highest BCUT2D eigenvalue weighted by molar-refractivity contribution is 6.08. The van der Waals surface area contributed by atoms with Gasteiger partial charge in [0.1, 0.15) is 5.69 Å². The number of carboxylic acid groups (broad SMARTS) is 1. The molecular formula is C17H11N3O2. The van der Waals surface area contributed by atoms with Crippen LogP contribution in [0.4, 0.5) is 0 Å². The first-order valence-corrected chi connectivity index (χ1v) is 6.80. The first-order chi connectivity index (χ1) is 10.7. The largest absolute Gasteiger partial charge is 0.476 e. The van der Waals surface area contributed by atoms with Crippen molar-refractivity contribution < 1.29 is 9.90 Å². The quantitative estimate of drug-likeness (QED) is 0.554. The first kappa shape index (κ1) is 12.5. The van der Waals surface area contributed by atoms with Crippen LogP contribution in [0.2, 0.25) is 0 Å². The molecular weight excluding hydrogens is 278 g/mol. The predicted octanol–water partition coefficient (Wildman–Crippen LogP) is 3.48. The van der Waals surface area contributed by atoms with E-state index in [1.165, 1.54) is 10.8 Å². The van der Waals surface area contributed by atoms with Crippen LogP contribution >= 0.6 is 0 Å². The van der Waals surface area contributed by atoms with Crippen molar-refractivity contribution in [2.45, 2.75) is 0 Å². The Bertz CT molecular complexity index is 1020. The number of carboxylic acids is 1. The molecule has 0 unspecified atom stereocenters. The molecule has 5 nitrogen and oxygen atoms in total. The van der Waals surface area contributed by atoms with Crippen molar-refractivity contribution >= 4 is 27.5 Å². The molecule has 0 spiro atoms. The fraction of sp³-hybridized carbons (Fsp3) is 0. The molecule has 0 bridgehead atoms. The van der Waals surface area contributed by atoms with E-state index in [1.807, 2.05) is 36.4 Å². The van der Waals surface area contributed by atoms with Crippen LogP contribution in [0.1, 0.15) is 10.5 Å². The van der Waals surface area contributed by atoms with Gasteiger partial charge < -0.3 is 5.11 Å². The Morgan fingerprint density at radius 3 is 2.59 bits per heavy atom. The minimum absolute atomic E-state index is 0.000129. The molecule has 0 saturated carbocycles. The van der Waals surface area contributed by atoms with Crippen LogP contribution in [-0.2, 0) is 0 Å². The zero-order chi connectivity index (χ0) is 15.1. The number of aromatic amines is 1. The number of nitrogens with zero attached hydrogens (tertiary/aromatic N) is 2. The Hall–Kier alpha value is -3.21. The summed E-state index contributed by atoms with van der Waals surface area (Å²) in [7, 11) is 0. The van der Waals surface area contributed by atoms with E-state index in [-0.39, 0.29) is 5.69 Å². The normalized spacial score (nSPS) is 11.1. The number of aromatic nitrogens is 3. The van der Waals surface area contributed by atoms with Crippen LogP contribution in [0.3, 0.4) is 0 Å². The number of nitrogens with one attached hydrogen (secondary N) is 1. The standard InChI is InChI=1S/C17H11N3O2/c21-17(22)16-15(18-20-19-16)12-7-8-14-11(9-12)6-5-10-3-1-2-4-13(10)14/h1-9H,(H,21,22)(H,18,19,20). The third kappa shape index (κ3) is 1.83. The van der Waals surface area contributed by atoms with Crippen LogP contribution in [0.15, 0.2) is 54.6 Å². The van der Waals surface area contributed by atoms with Gasteiger partial charge >= 0.3 is 5.97 Å². The van der Waals surface area contributed by atoms with Crippen molar-refractivity contribution in [1.82, 2.24) is 15.4 Å². The van der Waals surface area contributed by atoms with E-state index in [0.717, 1.165) is 16.3 Å². The lowest BCUT2D eigenvalue weighted by Gasteiger charge is -2.06. The fourth-order valence-corrected chi connectivity index (χ4v) is 2.74. The molecule has 0 aliphatic carbocycles. The Balaban J connectivity index is 1.96. The Morgan fingerprint density at radius 2 is 1.73 bits per heavy atom. The molecule has 1 aromatic heterocycles. The molecule has 0 amide bonds. The maximum Gasteiger partial charge on any atom is 0.356 e. The fourth-order valence-electron chi connectivity index (χ4n) is 2.74. The van der Waals surface area contributed by atoms with Gasteiger partial charge in [-0.05, 0) is 27.6 Å². The minimum Gasteiger partial charge on any atom is -0.476 e. The predicted molar refractivity (Wildman–Crippen MR) is 83.8 cm³/mol. The monoisotopic (exact) mass is 289 g/mol. The van der Waals surface area contributed by atoms with Crippen LogP contribution in [0.5, 0.6) is 0 Å². The lowest BCUT2D eigenvalue weighted by molar-refractivity contribution is 0.0691. The summed E-state index contributed by atoms with van der Waals surface area (Å²) in [5, 5.41) is 23.6. The second-order valence-corrected chi connectivity index (χ2v) is 5.06. The molecule has 0 radical (unpaired) electrons. The van der Waals surface area contributed by atoms with E-state index < -0.39 is 5.97 Å². The topological polar surface area (TPSA) is 78.9 Å². The molecule has 0 aliphatic rings. The highest BCUT2D eigenvalue weighted by Gasteiger charge is 2.16. The molecule has 0 atom stereocenters. The number of benzene rings is 3. The average Bonchev–Trinajstić information content (AvgIpc) is 3.04. The van der Waals surface area contributed by atoms with E-state index in [0.29, 0.717) is 5.69 Å². The van der Waals surface area contributed by atoms with Gasteiger partial charge in [-0.25, -0.2) is 4.79 Å². The summed E-state index contributed by atoms with van der Waals surface area (Å²) in [6, 6.07) is 18.1. The summed E-state index contributed by atoms with van der Waals surface area (Å²) in [4.78, 5) is 11.2. The second kappa shape index (κ2) is 4.66. The first-order valence-electron chi connectivity index (χ1n) is 6.80. The molecule has 106 valence electrons. The third-order valence-corrected chi connectivity index (χ3v) is 3.78. The molecule has 4 aromatic rings. The van der Waals surface area contributed by atoms with Gasteiger partial charge in [-0.15, -0.1) is 5.10 Å². The van der Waals surface area contributed by atoms with Gasteiger partial charge in [0.2, 0.25) is 0 Å². The van der Waals surface area contributed by atoms with E-state index in [9.17, 15) is 4.79 Å². The maximum absolute atomic E-state index is 11.2. The zero-order valence-corrected chi connectivity index (χ0v) is 11.4.